The Morgan fingerprint density at radius 3 is 0.825 bits per heavy atom. The lowest BCUT2D eigenvalue weighted by Gasteiger charge is -2.06. The van der Waals surface area contributed by atoms with Crippen molar-refractivity contribution in [3.05, 3.63) is 0 Å². The smallest absolute Gasteiger partial charge is 0.267 e. The first kappa shape index (κ1) is 39.9. The van der Waals surface area contributed by atoms with Gasteiger partial charge < -0.3 is 0 Å². The van der Waals surface area contributed by atoms with Crippen LogP contribution in [0.25, 0.3) is 0 Å². The Hall–Kier alpha value is -0.0900. The average molecular weight is 587 g/mol. The van der Waals surface area contributed by atoms with E-state index in [1.165, 1.54) is 173 Å². The molecule has 4 heteroatoms. The average Bonchev–Trinajstić information content (AvgIpc) is 2.94. The summed E-state index contributed by atoms with van der Waals surface area (Å²) < 4.78 is 29.3. The standard InChI is InChI=1S/C36H74O3S/c1-3-5-7-9-11-13-15-16-17-18-19-20-21-22-23-24-25-26-27-29-31-33-35-39-40(37,38)36-34-32-30-28-14-12-10-8-6-4-2/h3-36H2,1-2H3. The van der Waals surface area contributed by atoms with Crippen LogP contribution in [0.15, 0.2) is 0 Å². The minimum atomic E-state index is -3.32. The number of rotatable bonds is 35. The minimum Gasteiger partial charge on any atom is -0.270 e. The molecule has 0 aliphatic heterocycles. The van der Waals surface area contributed by atoms with Gasteiger partial charge in [0.25, 0.3) is 10.1 Å². The molecule has 0 heterocycles. The van der Waals surface area contributed by atoms with E-state index in [2.05, 4.69) is 13.8 Å². The fourth-order valence-electron chi connectivity index (χ4n) is 5.72. The predicted octanol–water partition coefficient (Wildman–Crippen LogP) is 12.9. The second kappa shape index (κ2) is 33.4. The Morgan fingerprint density at radius 2 is 0.550 bits per heavy atom. The third-order valence-electron chi connectivity index (χ3n) is 8.51. The van der Waals surface area contributed by atoms with E-state index in [9.17, 15) is 8.42 Å². The molecule has 40 heavy (non-hydrogen) atoms. The molecule has 0 saturated carbocycles. The zero-order valence-electron chi connectivity index (χ0n) is 27.7. The topological polar surface area (TPSA) is 43.4 Å². The predicted molar refractivity (Wildman–Crippen MR) is 179 cm³/mol. The fraction of sp³-hybridized carbons (Fsp3) is 1.00. The molecule has 0 N–H and O–H groups in total. The summed E-state index contributed by atoms with van der Waals surface area (Å²) in [5.41, 5.74) is 0. The van der Waals surface area contributed by atoms with Gasteiger partial charge in [0.2, 0.25) is 0 Å². The minimum absolute atomic E-state index is 0.197. The number of hydrogen-bond acceptors (Lipinski definition) is 3. The Morgan fingerprint density at radius 1 is 0.325 bits per heavy atom. The largest absolute Gasteiger partial charge is 0.270 e. The number of unbranched alkanes of at least 4 members (excludes halogenated alkanes) is 30. The lowest BCUT2D eigenvalue weighted by Crippen LogP contribution is -2.11. The molecule has 0 saturated heterocycles. The van der Waals surface area contributed by atoms with Gasteiger partial charge in [-0.05, 0) is 12.8 Å². The highest BCUT2D eigenvalue weighted by atomic mass is 32.2. The highest BCUT2D eigenvalue weighted by Crippen LogP contribution is 2.16. The Bertz CT molecular complexity index is 560. The van der Waals surface area contributed by atoms with Crippen LogP contribution in [0.2, 0.25) is 0 Å². The monoisotopic (exact) mass is 587 g/mol. The van der Waals surface area contributed by atoms with E-state index in [4.69, 9.17) is 4.18 Å². The maximum absolute atomic E-state index is 12.1. The molecule has 0 unspecified atom stereocenters. The zero-order chi connectivity index (χ0) is 29.2. The molecule has 0 aromatic heterocycles. The third kappa shape index (κ3) is 34.1. The normalized spacial score (nSPS) is 11.9. The summed E-state index contributed by atoms with van der Waals surface area (Å²) in [6.07, 6.45) is 42.3. The molecule has 3 nitrogen and oxygen atoms in total. The van der Waals surface area contributed by atoms with Crippen molar-refractivity contribution in [2.24, 2.45) is 0 Å². The maximum Gasteiger partial charge on any atom is 0.267 e. The molecule has 0 fully saturated rings. The van der Waals surface area contributed by atoms with Crippen molar-refractivity contribution in [2.45, 2.75) is 219 Å². The van der Waals surface area contributed by atoms with E-state index in [0.717, 1.165) is 32.1 Å². The van der Waals surface area contributed by atoms with Gasteiger partial charge in [-0.2, -0.15) is 8.42 Å². The van der Waals surface area contributed by atoms with Gasteiger partial charge >= 0.3 is 0 Å². The summed E-state index contributed by atoms with van der Waals surface area (Å²) in [6, 6.07) is 0. The quantitative estimate of drug-likeness (QED) is 0.0548. The number of hydrogen-bond donors (Lipinski definition) is 0. The van der Waals surface area contributed by atoms with Crippen LogP contribution in [0, 0.1) is 0 Å². The first-order chi connectivity index (χ1) is 19.6. The van der Waals surface area contributed by atoms with Crippen LogP contribution in [0.3, 0.4) is 0 Å². The SMILES string of the molecule is CCCCCCCCCCCCCCCCCCCCCCCCOS(=O)(=O)CCCCCCCCCCCC. The summed E-state index contributed by atoms with van der Waals surface area (Å²) >= 11 is 0. The molecule has 0 aliphatic rings. The summed E-state index contributed by atoms with van der Waals surface area (Å²) in [6.45, 7) is 4.92. The van der Waals surface area contributed by atoms with Crippen molar-refractivity contribution in [1.82, 2.24) is 0 Å². The summed E-state index contributed by atoms with van der Waals surface area (Å²) in [5, 5.41) is 0. The summed E-state index contributed by atoms with van der Waals surface area (Å²) in [7, 11) is -3.32. The van der Waals surface area contributed by atoms with Crippen LogP contribution in [-0.4, -0.2) is 20.8 Å². The molecular formula is C36H74O3S. The van der Waals surface area contributed by atoms with Crippen LogP contribution in [0.4, 0.5) is 0 Å². The van der Waals surface area contributed by atoms with Gasteiger partial charge in [-0.3, -0.25) is 4.18 Å². The van der Waals surface area contributed by atoms with Gasteiger partial charge in [-0.25, -0.2) is 0 Å². The van der Waals surface area contributed by atoms with Gasteiger partial charge in [-0.1, -0.05) is 206 Å². The summed E-state index contributed by atoms with van der Waals surface area (Å²) in [5.74, 6) is 0.197. The van der Waals surface area contributed by atoms with Gasteiger partial charge in [0.15, 0.2) is 0 Å². The van der Waals surface area contributed by atoms with Gasteiger partial charge in [0, 0.05) is 0 Å². The Labute approximate surface area is 253 Å². The Balaban J connectivity index is 3.23. The van der Waals surface area contributed by atoms with Crippen molar-refractivity contribution >= 4 is 10.1 Å². The van der Waals surface area contributed by atoms with Crippen molar-refractivity contribution in [2.75, 3.05) is 12.4 Å². The van der Waals surface area contributed by atoms with Crippen molar-refractivity contribution in [1.29, 1.82) is 0 Å². The third-order valence-corrected chi connectivity index (χ3v) is 9.82. The van der Waals surface area contributed by atoms with Crippen molar-refractivity contribution in [3.63, 3.8) is 0 Å². The first-order valence-corrected chi connectivity index (χ1v) is 20.1. The van der Waals surface area contributed by atoms with Gasteiger partial charge in [0.05, 0.1) is 12.4 Å². The molecule has 0 spiro atoms. The molecule has 0 aromatic carbocycles. The lowest BCUT2D eigenvalue weighted by atomic mass is 10.0. The molecule has 242 valence electrons. The highest BCUT2D eigenvalue weighted by molar-refractivity contribution is 7.86. The van der Waals surface area contributed by atoms with E-state index >= 15 is 0 Å². The van der Waals surface area contributed by atoms with Crippen LogP contribution in [0.5, 0.6) is 0 Å². The molecule has 0 amide bonds. The van der Waals surface area contributed by atoms with Crippen LogP contribution >= 0.6 is 0 Å². The van der Waals surface area contributed by atoms with E-state index in [1.807, 2.05) is 0 Å². The van der Waals surface area contributed by atoms with Gasteiger partial charge in [0.1, 0.15) is 0 Å². The second-order valence-electron chi connectivity index (χ2n) is 12.7. The molecule has 0 bridgehead atoms. The van der Waals surface area contributed by atoms with E-state index in [0.29, 0.717) is 6.61 Å². The fourth-order valence-corrected chi connectivity index (χ4v) is 6.77. The zero-order valence-corrected chi connectivity index (χ0v) is 28.5. The van der Waals surface area contributed by atoms with Gasteiger partial charge in [-0.15, -0.1) is 0 Å². The molecule has 0 atom stereocenters. The maximum atomic E-state index is 12.1. The van der Waals surface area contributed by atoms with Crippen molar-refractivity contribution in [3.8, 4) is 0 Å². The molecular weight excluding hydrogens is 512 g/mol. The van der Waals surface area contributed by atoms with E-state index < -0.39 is 10.1 Å². The highest BCUT2D eigenvalue weighted by Gasteiger charge is 2.10. The van der Waals surface area contributed by atoms with Crippen molar-refractivity contribution < 1.29 is 12.6 Å². The molecule has 0 radical (unpaired) electrons. The molecule has 0 rings (SSSR count). The lowest BCUT2D eigenvalue weighted by molar-refractivity contribution is 0.305. The molecule has 0 aromatic rings. The van der Waals surface area contributed by atoms with Crippen LogP contribution in [0.1, 0.15) is 219 Å². The van der Waals surface area contributed by atoms with Crippen LogP contribution < -0.4 is 0 Å². The first-order valence-electron chi connectivity index (χ1n) is 18.5. The van der Waals surface area contributed by atoms with E-state index in [-0.39, 0.29) is 5.75 Å². The molecule has 0 aliphatic carbocycles. The summed E-state index contributed by atoms with van der Waals surface area (Å²) in [4.78, 5) is 0. The van der Waals surface area contributed by atoms with Crippen LogP contribution in [-0.2, 0) is 14.3 Å². The van der Waals surface area contributed by atoms with E-state index in [1.54, 1.807) is 0 Å². The second-order valence-corrected chi connectivity index (χ2v) is 14.4. The Kier molecular flexibility index (Phi) is 33.3.